The minimum absolute atomic E-state index is 0.134. The molecule has 3 N–H and O–H groups in total. The minimum atomic E-state index is -0.134. The van der Waals surface area contributed by atoms with Crippen LogP contribution in [0.1, 0.15) is 35.7 Å². The number of carbonyl (C=O) groups excluding carboxylic acids is 1. The number of carbonyl (C=O) groups is 1. The van der Waals surface area contributed by atoms with E-state index in [0.717, 1.165) is 30.7 Å². The van der Waals surface area contributed by atoms with Crippen molar-refractivity contribution in [2.24, 2.45) is 0 Å². The fraction of sp³-hybridized carbons (Fsp3) is 0.286. The molecule has 28 heavy (non-hydrogen) atoms. The lowest BCUT2D eigenvalue weighted by molar-refractivity contribution is 0.0953. The first-order valence-corrected chi connectivity index (χ1v) is 9.47. The zero-order valence-electron chi connectivity index (χ0n) is 15.9. The number of aryl methyl sites for hydroxylation is 1. The van der Waals surface area contributed by atoms with Gasteiger partial charge in [-0.15, -0.1) is 0 Å². The van der Waals surface area contributed by atoms with Crippen LogP contribution >= 0.6 is 0 Å². The molecule has 3 aromatic rings. The van der Waals surface area contributed by atoms with Crippen molar-refractivity contribution in [3.05, 3.63) is 66.1 Å². The van der Waals surface area contributed by atoms with Crippen LogP contribution in [0.15, 0.2) is 55.0 Å². The van der Waals surface area contributed by atoms with E-state index in [1.165, 1.54) is 5.56 Å². The summed E-state index contributed by atoms with van der Waals surface area (Å²) in [7, 11) is 0. The third kappa shape index (κ3) is 5.57. The maximum absolute atomic E-state index is 12.6. The maximum Gasteiger partial charge on any atom is 0.255 e. The number of H-pyrrole nitrogens is 1. The number of nitrogens with zero attached hydrogens (tertiary/aromatic N) is 2. The van der Waals surface area contributed by atoms with E-state index in [2.05, 4.69) is 25.8 Å². The molecule has 0 bridgehead atoms. The molecule has 146 valence electrons. The molecule has 0 atom stereocenters. The number of hydrogen-bond donors (Lipinski definition) is 3. The standard InChI is InChI=1S/C21H25N5O2/c1-2-28-18-10-8-17(9-11-18)26-20-19(7-5-13-22-20)21(27)23-12-4-3-6-16-14-24-25-15-16/h5,7-11,13-15H,2-4,6,12H2,1H3,(H,22,26)(H,23,27)(H,24,25). The van der Waals surface area contributed by atoms with Gasteiger partial charge >= 0.3 is 0 Å². The van der Waals surface area contributed by atoms with Crippen LogP contribution in [0, 0.1) is 0 Å². The summed E-state index contributed by atoms with van der Waals surface area (Å²) in [5, 5.41) is 12.9. The molecular weight excluding hydrogens is 354 g/mol. The summed E-state index contributed by atoms with van der Waals surface area (Å²) in [5.74, 6) is 1.20. The van der Waals surface area contributed by atoms with Crippen molar-refractivity contribution in [1.82, 2.24) is 20.5 Å². The van der Waals surface area contributed by atoms with Gasteiger partial charge in [0, 0.05) is 24.6 Å². The van der Waals surface area contributed by atoms with Crippen LogP contribution < -0.4 is 15.4 Å². The Bertz CT molecular complexity index is 863. The van der Waals surface area contributed by atoms with E-state index in [9.17, 15) is 4.79 Å². The minimum Gasteiger partial charge on any atom is -0.494 e. The molecule has 3 rings (SSSR count). The van der Waals surface area contributed by atoms with Gasteiger partial charge < -0.3 is 15.4 Å². The number of pyridine rings is 1. The molecule has 0 radical (unpaired) electrons. The fourth-order valence-corrected chi connectivity index (χ4v) is 2.79. The molecular formula is C21H25N5O2. The number of rotatable bonds is 10. The second-order valence-electron chi connectivity index (χ2n) is 6.30. The molecule has 2 aromatic heterocycles. The van der Waals surface area contributed by atoms with Gasteiger partial charge in [-0.1, -0.05) is 0 Å². The molecule has 0 saturated heterocycles. The topological polar surface area (TPSA) is 91.9 Å². The lowest BCUT2D eigenvalue weighted by Crippen LogP contribution is -2.25. The highest BCUT2D eigenvalue weighted by molar-refractivity contribution is 5.99. The van der Waals surface area contributed by atoms with Gasteiger partial charge in [0.05, 0.1) is 18.4 Å². The SMILES string of the molecule is CCOc1ccc(Nc2ncccc2C(=O)NCCCCc2cn[nH]c2)cc1. The molecule has 0 aliphatic carbocycles. The van der Waals surface area contributed by atoms with Crippen LogP contribution in [0.2, 0.25) is 0 Å². The van der Waals surface area contributed by atoms with E-state index >= 15 is 0 Å². The Morgan fingerprint density at radius 1 is 1.18 bits per heavy atom. The number of hydrogen-bond acceptors (Lipinski definition) is 5. The van der Waals surface area contributed by atoms with Crippen molar-refractivity contribution in [3.63, 3.8) is 0 Å². The van der Waals surface area contributed by atoms with E-state index in [1.54, 1.807) is 18.3 Å². The fourth-order valence-electron chi connectivity index (χ4n) is 2.79. The van der Waals surface area contributed by atoms with Gasteiger partial charge in [-0.3, -0.25) is 9.89 Å². The van der Waals surface area contributed by atoms with Gasteiger partial charge in [0.2, 0.25) is 0 Å². The molecule has 7 heteroatoms. The van der Waals surface area contributed by atoms with Gasteiger partial charge in [0.1, 0.15) is 11.6 Å². The number of aromatic amines is 1. The van der Waals surface area contributed by atoms with Crippen LogP contribution in [0.25, 0.3) is 0 Å². The Morgan fingerprint density at radius 2 is 2.04 bits per heavy atom. The van der Waals surface area contributed by atoms with E-state index in [0.29, 0.717) is 24.5 Å². The second kappa shape index (κ2) is 10.1. The lowest BCUT2D eigenvalue weighted by atomic mass is 10.1. The van der Waals surface area contributed by atoms with Gasteiger partial charge in [-0.2, -0.15) is 5.10 Å². The van der Waals surface area contributed by atoms with E-state index < -0.39 is 0 Å². The first-order chi connectivity index (χ1) is 13.8. The number of benzene rings is 1. The summed E-state index contributed by atoms with van der Waals surface area (Å²) in [5.41, 5.74) is 2.54. The molecule has 0 saturated carbocycles. The number of amides is 1. The summed E-state index contributed by atoms with van der Waals surface area (Å²) in [6.45, 7) is 3.19. The Labute approximate surface area is 164 Å². The predicted octanol–water partition coefficient (Wildman–Crippen LogP) is 3.70. The summed E-state index contributed by atoms with van der Waals surface area (Å²) in [4.78, 5) is 16.9. The zero-order chi connectivity index (χ0) is 19.6. The molecule has 0 aliphatic heterocycles. The van der Waals surface area contributed by atoms with Crippen LogP contribution in [-0.4, -0.2) is 34.2 Å². The zero-order valence-corrected chi connectivity index (χ0v) is 15.9. The Morgan fingerprint density at radius 3 is 2.79 bits per heavy atom. The molecule has 2 heterocycles. The van der Waals surface area contributed by atoms with Crippen molar-refractivity contribution in [1.29, 1.82) is 0 Å². The molecule has 0 unspecified atom stereocenters. The van der Waals surface area contributed by atoms with Crippen molar-refractivity contribution < 1.29 is 9.53 Å². The van der Waals surface area contributed by atoms with Crippen LogP contribution in [-0.2, 0) is 6.42 Å². The lowest BCUT2D eigenvalue weighted by Gasteiger charge is -2.12. The maximum atomic E-state index is 12.6. The third-order valence-electron chi connectivity index (χ3n) is 4.21. The van der Waals surface area contributed by atoms with E-state index in [1.807, 2.05) is 43.6 Å². The highest BCUT2D eigenvalue weighted by atomic mass is 16.5. The molecule has 0 aliphatic rings. The van der Waals surface area contributed by atoms with E-state index in [-0.39, 0.29) is 5.91 Å². The number of ether oxygens (including phenoxy) is 1. The van der Waals surface area contributed by atoms with Crippen molar-refractivity contribution in [2.45, 2.75) is 26.2 Å². The number of unbranched alkanes of at least 4 members (excludes halogenated alkanes) is 1. The normalized spacial score (nSPS) is 10.5. The summed E-state index contributed by atoms with van der Waals surface area (Å²) in [6.07, 6.45) is 8.23. The summed E-state index contributed by atoms with van der Waals surface area (Å²) in [6, 6.07) is 11.1. The molecule has 1 aromatic carbocycles. The monoisotopic (exact) mass is 379 g/mol. The van der Waals surface area contributed by atoms with Crippen LogP contribution in [0.3, 0.4) is 0 Å². The molecule has 7 nitrogen and oxygen atoms in total. The van der Waals surface area contributed by atoms with Crippen molar-refractivity contribution >= 4 is 17.4 Å². The quantitative estimate of drug-likeness (QED) is 0.467. The third-order valence-corrected chi connectivity index (χ3v) is 4.21. The number of nitrogens with one attached hydrogen (secondary N) is 3. The summed E-state index contributed by atoms with van der Waals surface area (Å²) < 4.78 is 5.45. The average molecular weight is 379 g/mol. The highest BCUT2D eigenvalue weighted by Crippen LogP contribution is 2.21. The second-order valence-corrected chi connectivity index (χ2v) is 6.30. The van der Waals surface area contributed by atoms with Gasteiger partial charge in [0.25, 0.3) is 5.91 Å². The first kappa shape index (κ1) is 19.4. The molecule has 1 amide bonds. The van der Waals surface area contributed by atoms with Crippen molar-refractivity contribution in [2.75, 3.05) is 18.5 Å². The number of aromatic nitrogens is 3. The van der Waals surface area contributed by atoms with Gasteiger partial charge in [0.15, 0.2) is 0 Å². The largest absolute Gasteiger partial charge is 0.494 e. The molecule has 0 fully saturated rings. The van der Waals surface area contributed by atoms with Crippen molar-refractivity contribution in [3.8, 4) is 5.75 Å². The van der Waals surface area contributed by atoms with E-state index in [4.69, 9.17) is 4.74 Å². The van der Waals surface area contributed by atoms with Gasteiger partial charge in [-0.25, -0.2) is 4.98 Å². The predicted molar refractivity (Wildman–Crippen MR) is 109 cm³/mol. The Kier molecular flexibility index (Phi) is 7.01. The first-order valence-electron chi connectivity index (χ1n) is 9.47. The highest BCUT2D eigenvalue weighted by Gasteiger charge is 2.12. The van der Waals surface area contributed by atoms with Crippen LogP contribution in [0.5, 0.6) is 5.75 Å². The Hall–Kier alpha value is -3.35. The molecule has 0 spiro atoms. The summed E-state index contributed by atoms with van der Waals surface area (Å²) >= 11 is 0. The van der Waals surface area contributed by atoms with Crippen LogP contribution in [0.4, 0.5) is 11.5 Å². The average Bonchev–Trinajstić information content (AvgIpc) is 3.23. The Balaban J connectivity index is 1.52. The van der Waals surface area contributed by atoms with Gasteiger partial charge in [-0.05, 0) is 68.1 Å². The number of anilines is 2. The smallest absolute Gasteiger partial charge is 0.255 e.